The van der Waals surface area contributed by atoms with Gasteiger partial charge in [-0.3, -0.25) is 4.90 Å². The number of methoxy groups -OCH3 is 3. The number of piperidine rings is 1. The highest BCUT2D eigenvalue weighted by Gasteiger charge is 2.89. The predicted molar refractivity (Wildman–Crippen MR) is 200 cm³/mol. The van der Waals surface area contributed by atoms with Gasteiger partial charge in [-0.1, -0.05) is 67.6 Å². The summed E-state index contributed by atoms with van der Waals surface area (Å²) in [5.74, 6) is -1.95. The van der Waals surface area contributed by atoms with E-state index >= 15 is 0 Å². The Hall–Kier alpha value is -3.16. The number of ether oxygens (including phenoxy) is 4. The number of carbonyl (C=O) groups is 1. The maximum Gasteiger partial charge on any atom is 0.339 e. The second-order valence-electron chi connectivity index (χ2n) is 16.8. The lowest BCUT2D eigenvalue weighted by Crippen LogP contribution is -2.83. The van der Waals surface area contributed by atoms with Gasteiger partial charge < -0.3 is 29.2 Å². The highest BCUT2D eigenvalue weighted by Crippen LogP contribution is 2.79. The van der Waals surface area contributed by atoms with Crippen molar-refractivity contribution >= 4 is 15.8 Å². The van der Waals surface area contributed by atoms with Crippen molar-refractivity contribution in [3.63, 3.8) is 0 Å². The zero-order chi connectivity index (χ0) is 37.8. The molecule has 0 aromatic heterocycles. The molecule has 2 N–H and O–H groups in total. The predicted octanol–water partition coefficient (Wildman–Crippen LogP) is 4.90. The van der Waals surface area contributed by atoms with Crippen LogP contribution >= 0.6 is 0 Å². The summed E-state index contributed by atoms with van der Waals surface area (Å²) in [6.07, 6.45) is 1.52. The summed E-state index contributed by atoms with van der Waals surface area (Å²) >= 11 is 0. The van der Waals surface area contributed by atoms with Gasteiger partial charge in [0.2, 0.25) is 0 Å². The Balaban J connectivity index is 1.07. The van der Waals surface area contributed by atoms with Crippen molar-refractivity contribution in [2.24, 2.45) is 29.1 Å². The highest BCUT2D eigenvalue weighted by atomic mass is 32.2. The molecule has 5 saturated carbocycles. The van der Waals surface area contributed by atoms with E-state index in [2.05, 4.69) is 11.8 Å². The van der Waals surface area contributed by atoms with Gasteiger partial charge in [0.05, 0.1) is 34.5 Å². The van der Waals surface area contributed by atoms with Crippen molar-refractivity contribution in [1.29, 1.82) is 0 Å². The minimum atomic E-state index is -3.82. The number of hydrogen-bond donors (Lipinski definition) is 2. The Morgan fingerprint density at radius 2 is 1.57 bits per heavy atom. The van der Waals surface area contributed by atoms with Gasteiger partial charge in [0.15, 0.2) is 9.84 Å². The summed E-state index contributed by atoms with van der Waals surface area (Å²) in [7, 11) is 1.21. The van der Waals surface area contributed by atoms with E-state index in [-0.39, 0.29) is 58.1 Å². The third kappa shape index (κ3) is 4.66. The maximum absolute atomic E-state index is 14.6. The third-order valence-electron chi connectivity index (χ3n) is 15.1. The van der Waals surface area contributed by atoms with Crippen LogP contribution in [-0.4, -0.2) is 105 Å². The van der Waals surface area contributed by atoms with Gasteiger partial charge in [-0.05, 0) is 67.1 Å². The molecular weight excluding hydrogens is 707 g/mol. The summed E-state index contributed by atoms with van der Waals surface area (Å²) < 4.78 is 53.1. The van der Waals surface area contributed by atoms with Crippen molar-refractivity contribution in [2.45, 2.75) is 90.8 Å². The molecule has 1 saturated heterocycles. The second kappa shape index (κ2) is 12.7. The lowest BCUT2D eigenvalue weighted by Gasteiger charge is -2.70. The number of esters is 1. The Morgan fingerprint density at radius 1 is 0.870 bits per heavy atom. The maximum atomic E-state index is 14.6. The highest BCUT2D eigenvalue weighted by molar-refractivity contribution is 7.90. The molecule has 11 heteroatoms. The van der Waals surface area contributed by atoms with Gasteiger partial charge >= 0.3 is 5.97 Å². The molecule has 1 heterocycles. The summed E-state index contributed by atoms with van der Waals surface area (Å²) in [6, 6.07) is 23.4. The molecule has 6 fully saturated rings. The van der Waals surface area contributed by atoms with E-state index < -0.39 is 44.1 Å². The summed E-state index contributed by atoms with van der Waals surface area (Å²) in [5.41, 5.74) is -2.07. The quantitative estimate of drug-likeness (QED) is 0.276. The lowest BCUT2D eigenvalue weighted by atomic mass is 9.44. The SMILES string of the molecule is CCN1C[C@]2(OC(=O)c3ccccc3CS(=O)(=O)c3ccc(-c4ccccc4)cc3)CC[C@H](OC)C34C2CC([C@@H]13)[C@@]1(O)C[C@H](OC)[C@H]2CC4[C@]1(O)[C@H]2OC. The third-order valence-corrected chi connectivity index (χ3v) is 16.8. The van der Waals surface area contributed by atoms with E-state index in [1.807, 2.05) is 30.3 Å². The number of benzene rings is 3. The number of aliphatic hydroxyl groups is 2. The fraction of sp³-hybridized carbons (Fsp3) is 0.558. The zero-order valence-corrected chi connectivity index (χ0v) is 32.2. The van der Waals surface area contributed by atoms with Crippen LogP contribution in [0.1, 0.15) is 54.9 Å². The topological polar surface area (TPSA) is 132 Å². The van der Waals surface area contributed by atoms with Crippen molar-refractivity contribution < 1.29 is 42.4 Å². The molecule has 4 unspecified atom stereocenters. The first-order chi connectivity index (χ1) is 25.9. The van der Waals surface area contributed by atoms with Crippen molar-refractivity contribution in [2.75, 3.05) is 34.4 Å². The Morgan fingerprint density at radius 3 is 2.26 bits per heavy atom. The van der Waals surface area contributed by atoms with Gasteiger partial charge in [-0.15, -0.1) is 0 Å². The molecule has 6 aliphatic rings. The summed E-state index contributed by atoms with van der Waals surface area (Å²) in [4.78, 5) is 17.2. The first-order valence-corrected chi connectivity index (χ1v) is 21.1. The van der Waals surface area contributed by atoms with E-state index in [1.165, 1.54) is 0 Å². The molecule has 0 amide bonds. The Bertz CT molecular complexity index is 2040. The number of hydrogen-bond acceptors (Lipinski definition) is 10. The van der Waals surface area contributed by atoms with E-state index in [0.717, 1.165) is 11.1 Å². The average molecular weight is 758 g/mol. The smallest absolute Gasteiger partial charge is 0.339 e. The minimum absolute atomic E-state index is 0.0996. The molecule has 7 bridgehead atoms. The van der Waals surface area contributed by atoms with Crippen LogP contribution in [0, 0.1) is 29.1 Å². The van der Waals surface area contributed by atoms with E-state index in [0.29, 0.717) is 50.8 Å². The number of likely N-dealkylation sites (tertiary alicyclic amines) is 1. The van der Waals surface area contributed by atoms with Crippen molar-refractivity contribution in [1.82, 2.24) is 4.90 Å². The number of fused-ring (bicyclic) bond motifs is 2. The molecule has 54 heavy (non-hydrogen) atoms. The second-order valence-corrected chi connectivity index (χ2v) is 18.8. The molecule has 5 aliphatic carbocycles. The monoisotopic (exact) mass is 757 g/mol. The van der Waals surface area contributed by atoms with E-state index in [4.69, 9.17) is 18.9 Å². The molecule has 9 rings (SSSR count). The molecule has 3 aromatic carbocycles. The first kappa shape index (κ1) is 36.5. The Labute approximate surface area is 317 Å². The van der Waals surface area contributed by atoms with Crippen LogP contribution in [0.25, 0.3) is 11.1 Å². The largest absolute Gasteiger partial charge is 0.454 e. The van der Waals surface area contributed by atoms with Crippen molar-refractivity contribution in [3.8, 4) is 11.1 Å². The number of likely N-dealkylation sites (N-methyl/N-ethyl adjacent to an activating group) is 1. The fourth-order valence-electron chi connectivity index (χ4n) is 13.3. The van der Waals surface area contributed by atoms with Crippen LogP contribution in [0.3, 0.4) is 0 Å². The van der Waals surface area contributed by atoms with Gasteiger partial charge in [0.25, 0.3) is 0 Å². The van der Waals surface area contributed by atoms with Gasteiger partial charge in [0, 0.05) is 69.4 Å². The molecule has 1 aliphatic heterocycles. The zero-order valence-electron chi connectivity index (χ0n) is 31.4. The number of rotatable bonds is 10. The lowest BCUT2D eigenvalue weighted by molar-refractivity contribution is -0.337. The Kier molecular flexibility index (Phi) is 8.56. The average Bonchev–Trinajstić information content (AvgIpc) is 3.61. The van der Waals surface area contributed by atoms with Crippen LogP contribution in [0.5, 0.6) is 0 Å². The molecule has 288 valence electrons. The van der Waals surface area contributed by atoms with Crippen LogP contribution in [0.2, 0.25) is 0 Å². The molecule has 0 radical (unpaired) electrons. The molecular formula is C43H51NO9S. The normalized spacial score (nSPS) is 40.4. The number of carbonyl (C=O) groups excluding carboxylic acids is 1. The molecule has 10 nitrogen and oxygen atoms in total. The summed E-state index contributed by atoms with van der Waals surface area (Å²) in [5, 5.41) is 26.0. The van der Waals surface area contributed by atoms with Gasteiger partial charge in [-0.25, -0.2) is 13.2 Å². The van der Waals surface area contributed by atoms with Crippen LogP contribution < -0.4 is 0 Å². The van der Waals surface area contributed by atoms with E-state index in [9.17, 15) is 23.4 Å². The van der Waals surface area contributed by atoms with Gasteiger partial charge in [0.1, 0.15) is 16.8 Å². The number of sulfone groups is 1. The van der Waals surface area contributed by atoms with E-state index in [1.54, 1.807) is 69.9 Å². The first-order valence-electron chi connectivity index (χ1n) is 19.4. The van der Waals surface area contributed by atoms with Gasteiger partial charge in [-0.2, -0.15) is 0 Å². The number of nitrogens with zero attached hydrogens (tertiary/aromatic N) is 1. The van der Waals surface area contributed by atoms with Crippen LogP contribution in [0.4, 0.5) is 0 Å². The standard InChI is InChI=1S/C43H51NO9S/c1-5-44-25-40(53-39(45)30-14-10-9-13-28(30)24-54(48,49)29-17-15-27(16-18-29)26-11-7-6-8-12-26)20-19-36(51-3)42-34(40)22-32(37(42)44)41(46)23-33(50-2)31-21-35(42)43(41,47)38(31)52-4/h6-18,31-38,46-47H,5,19-25H2,1-4H3/t31-,32?,33+,34?,35?,36+,37-,38+,40-,41+,42?,43+/m1/s1. The minimum Gasteiger partial charge on any atom is -0.454 e. The van der Waals surface area contributed by atoms with Crippen LogP contribution in [-0.2, 0) is 34.5 Å². The summed E-state index contributed by atoms with van der Waals surface area (Å²) in [6.45, 7) is 3.25. The molecule has 12 atom stereocenters. The molecule has 1 spiro atoms. The fourth-order valence-corrected chi connectivity index (χ4v) is 14.6. The molecule has 3 aromatic rings. The van der Waals surface area contributed by atoms with Crippen LogP contribution in [0.15, 0.2) is 83.8 Å². The van der Waals surface area contributed by atoms with Crippen molar-refractivity contribution in [3.05, 3.63) is 90.0 Å².